The van der Waals surface area contributed by atoms with Crippen LogP contribution < -0.4 is 0 Å². The van der Waals surface area contributed by atoms with Crippen LogP contribution in [0.1, 0.15) is 62.5 Å². The average Bonchev–Trinajstić information content (AvgIpc) is 3.34. The van der Waals surface area contributed by atoms with Crippen LogP contribution in [0.25, 0.3) is 11.1 Å². The van der Waals surface area contributed by atoms with Crippen LogP contribution >= 0.6 is 0 Å². The predicted molar refractivity (Wildman–Crippen MR) is 165 cm³/mol. The van der Waals surface area contributed by atoms with Crippen molar-refractivity contribution in [2.24, 2.45) is 0 Å². The third kappa shape index (κ3) is 12.4. The van der Waals surface area contributed by atoms with Crippen LogP contribution in [0.15, 0.2) is 48.5 Å². The quantitative estimate of drug-likeness (QED) is 0.134. The lowest BCUT2D eigenvalue weighted by molar-refractivity contribution is -0.0121. The average molecular weight is 586 g/mol. The number of ether oxygens (including phenoxy) is 6. The number of hydrogen-bond donors (Lipinski definition) is 0. The summed E-state index contributed by atoms with van der Waals surface area (Å²) < 4.78 is 33.5. The molecule has 8 nitrogen and oxygen atoms in total. The first-order valence-corrected chi connectivity index (χ1v) is 15.7. The van der Waals surface area contributed by atoms with Gasteiger partial charge in [0.1, 0.15) is 6.61 Å². The Morgan fingerprint density at radius 3 is 1.62 bits per heavy atom. The molecule has 8 heteroatoms. The van der Waals surface area contributed by atoms with Crippen molar-refractivity contribution >= 4 is 6.09 Å². The molecule has 0 heterocycles. The van der Waals surface area contributed by atoms with E-state index in [2.05, 4.69) is 31.2 Å². The van der Waals surface area contributed by atoms with Crippen LogP contribution in [0, 0.1) is 0 Å². The van der Waals surface area contributed by atoms with Crippen molar-refractivity contribution < 1.29 is 33.2 Å². The molecule has 2 aromatic rings. The summed E-state index contributed by atoms with van der Waals surface area (Å²) in [6.45, 7) is 8.53. The fourth-order valence-corrected chi connectivity index (χ4v) is 4.96. The number of likely N-dealkylation sites (N-methyl/N-ethyl adjacent to an activating group) is 1. The van der Waals surface area contributed by atoms with E-state index < -0.39 is 0 Å². The molecule has 0 spiro atoms. The second-order valence-corrected chi connectivity index (χ2v) is 10.6. The van der Waals surface area contributed by atoms with Gasteiger partial charge in [0.25, 0.3) is 0 Å². The Bertz CT molecular complexity index is 956. The third-order valence-electron chi connectivity index (χ3n) is 7.35. The molecule has 0 radical (unpaired) electrons. The van der Waals surface area contributed by atoms with Gasteiger partial charge in [0, 0.05) is 26.1 Å². The van der Waals surface area contributed by atoms with Gasteiger partial charge in [0.05, 0.1) is 59.5 Å². The number of amides is 1. The van der Waals surface area contributed by atoms with E-state index in [9.17, 15) is 4.79 Å². The minimum atomic E-state index is -0.349. The maximum absolute atomic E-state index is 12.6. The van der Waals surface area contributed by atoms with E-state index in [4.69, 9.17) is 28.4 Å². The molecule has 1 aliphatic rings. The summed E-state index contributed by atoms with van der Waals surface area (Å²) in [6, 6.07) is 16.6. The molecule has 0 saturated carbocycles. The standard InChI is InChI=1S/C34H51NO7/c1-3-4-5-6-7-12-18-37-20-22-39-24-26-41-27-25-40-23-21-38-19-17-35(2)34(36)42-28-33-31-15-10-8-13-29(31)30-14-9-11-16-32(30)33/h8-11,13-16,33H,3-7,12,17-28H2,1-2H3. The first-order chi connectivity index (χ1) is 20.7. The summed E-state index contributed by atoms with van der Waals surface area (Å²) >= 11 is 0. The van der Waals surface area contributed by atoms with Crippen molar-refractivity contribution in [3.63, 3.8) is 0 Å². The van der Waals surface area contributed by atoms with Gasteiger partial charge in [-0.25, -0.2) is 4.79 Å². The molecule has 0 aliphatic heterocycles. The Hall–Kier alpha value is -2.49. The van der Waals surface area contributed by atoms with E-state index in [0.717, 1.165) is 13.0 Å². The molecule has 2 aromatic carbocycles. The number of benzene rings is 2. The van der Waals surface area contributed by atoms with Crippen LogP contribution in [0.4, 0.5) is 4.79 Å². The molecule has 0 unspecified atom stereocenters. The number of carbonyl (C=O) groups is 1. The van der Waals surface area contributed by atoms with Crippen molar-refractivity contribution in [2.75, 3.05) is 86.3 Å². The van der Waals surface area contributed by atoms with Crippen LogP contribution in [-0.4, -0.2) is 97.3 Å². The molecular formula is C34H51NO7. The topological polar surface area (TPSA) is 75.7 Å². The van der Waals surface area contributed by atoms with Crippen LogP contribution in [0.3, 0.4) is 0 Å². The van der Waals surface area contributed by atoms with E-state index in [-0.39, 0.29) is 12.0 Å². The predicted octanol–water partition coefficient (Wildman–Crippen LogP) is 6.31. The maximum Gasteiger partial charge on any atom is 0.409 e. The fourth-order valence-electron chi connectivity index (χ4n) is 4.96. The SMILES string of the molecule is CCCCCCCCOCCOCCOCCOCCOCCN(C)C(=O)OCC1c2ccccc2-c2ccccc21. The van der Waals surface area contributed by atoms with Gasteiger partial charge in [-0.2, -0.15) is 0 Å². The second-order valence-electron chi connectivity index (χ2n) is 10.6. The van der Waals surface area contributed by atoms with Crippen molar-refractivity contribution in [2.45, 2.75) is 51.4 Å². The number of nitrogens with zero attached hydrogens (tertiary/aromatic N) is 1. The molecule has 1 aliphatic carbocycles. The zero-order valence-corrected chi connectivity index (χ0v) is 25.7. The lowest BCUT2D eigenvalue weighted by Crippen LogP contribution is -2.32. The van der Waals surface area contributed by atoms with Crippen LogP contribution in [0.2, 0.25) is 0 Å². The van der Waals surface area contributed by atoms with E-state index in [0.29, 0.717) is 72.6 Å². The minimum Gasteiger partial charge on any atom is -0.448 e. The highest BCUT2D eigenvalue weighted by Gasteiger charge is 2.29. The summed E-state index contributed by atoms with van der Waals surface area (Å²) in [5, 5.41) is 0. The number of hydrogen-bond acceptors (Lipinski definition) is 7. The van der Waals surface area contributed by atoms with Gasteiger partial charge in [-0.1, -0.05) is 87.6 Å². The Balaban J connectivity index is 1.09. The van der Waals surface area contributed by atoms with E-state index in [1.807, 2.05) is 24.3 Å². The Kier molecular flexibility index (Phi) is 17.2. The van der Waals surface area contributed by atoms with E-state index >= 15 is 0 Å². The highest BCUT2D eigenvalue weighted by molar-refractivity contribution is 5.79. The lowest BCUT2D eigenvalue weighted by atomic mass is 9.98. The smallest absolute Gasteiger partial charge is 0.409 e. The van der Waals surface area contributed by atoms with Crippen molar-refractivity contribution in [3.05, 3.63) is 59.7 Å². The Morgan fingerprint density at radius 1 is 0.619 bits per heavy atom. The maximum atomic E-state index is 12.6. The number of fused-ring (bicyclic) bond motifs is 3. The van der Waals surface area contributed by atoms with Crippen molar-refractivity contribution in [1.29, 1.82) is 0 Å². The minimum absolute atomic E-state index is 0.0544. The molecule has 0 N–H and O–H groups in total. The molecule has 0 aromatic heterocycles. The molecule has 42 heavy (non-hydrogen) atoms. The summed E-state index contributed by atoms with van der Waals surface area (Å²) in [6.07, 6.45) is 7.31. The normalized spacial score (nSPS) is 12.3. The van der Waals surface area contributed by atoms with Gasteiger partial charge in [0.15, 0.2) is 0 Å². The number of unbranched alkanes of at least 4 members (excludes halogenated alkanes) is 5. The van der Waals surface area contributed by atoms with Gasteiger partial charge in [0.2, 0.25) is 0 Å². The van der Waals surface area contributed by atoms with E-state index in [1.54, 1.807) is 11.9 Å². The third-order valence-corrected chi connectivity index (χ3v) is 7.35. The van der Waals surface area contributed by atoms with Crippen LogP contribution in [-0.2, 0) is 28.4 Å². The first kappa shape index (κ1) is 34.0. The highest BCUT2D eigenvalue weighted by Crippen LogP contribution is 2.44. The zero-order valence-electron chi connectivity index (χ0n) is 25.7. The molecule has 0 atom stereocenters. The monoisotopic (exact) mass is 585 g/mol. The summed E-state index contributed by atoms with van der Waals surface area (Å²) in [5.41, 5.74) is 4.84. The Labute approximate surface area is 252 Å². The van der Waals surface area contributed by atoms with Crippen molar-refractivity contribution in [1.82, 2.24) is 4.90 Å². The van der Waals surface area contributed by atoms with Gasteiger partial charge in [-0.05, 0) is 28.7 Å². The highest BCUT2D eigenvalue weighted by atomic mass is 16.6. The van der Waals surface area contributed by atoms with E-state index in [1.165, 1.54) is 54.4 Å². The second kappa shape index (κ2) is 21.2. The fraction of sp³-hybridized carbons (Fsp3) is 0.618. The number of rotatable bonds is 24. The molecule has 1 amide bonds. The molecule has 234 valence electrons. The van der Waals surface area contributed by atoms with Crippen molar-refractivity contribution in [3.8, 4) is 11.1 Å². The molecular weight excluding hydrogens is 534 g/mol. The summed E-state index contributed by atoms with van der Waals surface area (Å²) in [7, 11) is 1.73. The summed E-state index contributed by atoms with van der Waals surface area (Å²) in [5.74, 6) is 0.0544. The molecule has 0 fully saturated rings. The molecule has 0 bridgehead atoms. The van der Waals surface area contributed by atoms with Gasteiger partial charge in [-0.15, -0.1) is 0 Å². The zero-order chi connectivity index (χ0) is 29.7. The van der Waals surface area contributed by atoms with Gasteiger partial charge >= 0.3 is 6.09 Å². The number of carbonyl (C=O) groups excluding carboxylic acids is 1. The molecule has 3 rings (SSSR count). The largest absolute Gasteiger partial charge is 0.448 e. The molecule has 0 saturated heterocycles. The Morgan fingerprint density at radius 2 is 1.07 bits per heavy atom. The van der Waals surface area contributed by atoms with Crippen LogP contribution in [0.5, 0.6) is 0 Å². The first-order valence-electron chi connectivity index (χ1n) is 15.7. The summed E-state index contributed by atoms with van der Waals surface area (Å²) in [4.78, 5) is 14.1. The van der Waals surface area contributed by atoms with Gasteiger partial charge < -0.3 is 33.3 Å². The van der Waals surface area contributed by atoms with Gasteiger partial charge in [-0.3, -0.25) is 0 Å². The lowest BCUT2D eigenvalue weighted by Gasteiger charge is -2.19.